The second-order valence-electron chi connectivity index (χ2n) is 4.17. The van der Waals surface area contributed by atoms with Gasteiger partial charge >= 0.3 is 0 Å². The summed E-state index contributed by atoms with van der Waals surface area (Å²) in [5.74, 6) is 1.90. The molecule has 0 amide bonds. The quantitative estimate of drug-likeness (QED) is 0.866. The average Bonchev–Trinajstić information content (AvgIpc) is 2.37. The summed E-state index contributed by atoms with van der Waals surface area (Å²) in [6.45, 7) is 4.65. The molecular weight excluding hydrogens is 226 g/mol. The Morgan fingerprint density at radius 1 is 1.17 bits per heavy atom. The Morgan fingerprint density at radius 3 is 2.56 bits per heavy atom. The minimum absolute atomic E-state index is 0.282. The molecule has 1 heterocycles. The van der Waals surface area contributed by atoms with E-state index in [2.05, 4.69) is 22.2 Å². The van der Waals surface area contributed by atoms with Gasteiger partial charge in [-0.15, -0.1) is 0 Å². The van der Waals surface area contributed by atoms with Gasteiger partial charge in [0, 0.05) is 18.3 Å². The lowest BCUT2D eigenvalue weighted by Gasteiger charge is -2.08. The number of hydrogen-bond acceptors (Lipinski definition) is 4. The maximum absolute atomic E-state index is 9.21. The molecule has 0 bridgehead atoms. The topological polar surface area (TPSA) is 58.0 Å². The third-order valence-corrected chi connectivity index (χ3v) is 2.66. The van der Waals surface area contributed by atoms with Crippen molar-refractivity contribution >= 4 is 5.82 Å². The summed E-state index contributed by atoms with van der Waals surface area (Å²) < 4.78 is 0. The number of aryl methyl sites for hydroxylation is 2. The van der Waals surface area contributed by atoms with E-state index in [-0.39, 0.29) is 5.75 Å². The number of phenolic OH excluding ortho intramolecular Hbond substituents is 1. The molecule has 0 fully saturated rings. The third kappa shape index (κ3) is 3.20. The van der Waals surface area contributed by atoms with Crippen LogP contribution in [0.5, 0.6) is 5.75 Å². The van der Waals surface area contributed by atoms with Crippen LogP contribution in [0.2, 0.25) is 0 Å². The van der Waals surface area contributed by atoms with Crippen molar-refractivity contribution in [2.75, 3.05) is 5.32 Å². The van der Waals surface area contributed by atoms with E-state index >= 15 is 0 Å². The fourth-order valence-corrected chi connectivity index (χ4v) is 1.71. The van der Waals surface area contributed by atoms with Crippen molar-refractivity contribution in [3.63, 3.8) is 0 Å². The molecule has 94 valence electrons. The summed E-state index contributed by atoms with van der Waals surface area (Å²) in [7, 11) is 0. The summed E-state index contributed by atoms with van der Waals surface area (Å²) in [4.78, 5) is 8.68. The summed E-state index contributed by atoms with van der Waals surface area (Å²) in [5, 5.41) is 12.5. The highest BCUT2D eigenvalue weighted by Crippen LogP contribution is 2.12. The van der Waals surface area contributed by atoms with Gasteiger partial charge in [-0.25, -0.2) is 9.97 Å². The molecule has 0 atom stereocenters. The second kappa shape index (κ2) is 5.49. The van der Waals surface area contributed by atoms with Crippen LogP contribution in [0, 0.1) is 6.92 Å². The zero-order chi connectivity index (χ0) is 13.0. The highest BCUT2D eigenvalue weighted by molar-refractivity contribution is 5.38. The highest BCUT2D eigenvalue weighted by Gasteiger charge is 2.00. The smallest absolute Gasteiger partial charge is 0.130 e. The molecule has 4 heteroatoms. The van der Waals surface area contributed by atoms with Crippen molar-refractivity contribution in [3.8, 4) is 5.75 Å². The van der Waals surface area contributed by atoms with E-state index in [1.807, 2.05) is 25.1 Å². The molecule has 4 nitrogen and oxygen atoms in total. The maximum Gasteiger partial charge on any atom is 0.130 e. The van der Waals surface area contributed by atoms with Gasteiger partial charge in [0.25, 0.3) is 0 Å². The van der Waals surface area contributed by atoms with Gasteiger partial charge in [0.1, 0.15) is 17.4 Å². The van der Waals surface area contributed by atoms with Crippen LogP contribution in [0.3, 0.4) is 0 Å². The molecule has 2 N–H and O–H groups in total. The zero-order valence-electron chi connectivity index (χ0n) is 10.6. The number of benzene rings is 1. The van der Waals surface area contributed by atoms with Crippen LogP contribution in [-0.4, -0.2) is 15.1 Å². The number of rotatable bonds is 4. The van der Waals surface area contributed by atoms with Gasteiger partial charge in [-0.05, 0) is 31.0 Å². The van der Waals surface area contributed by atoms with E-state index in [9.17, 15) is 5.11 Å². The van der Waals surface area contributed by atoms with Gasteiger partial charge < -0.3 is 10.4 Å². The van der Waals surface area contributed by atoms with E-state index < -0.39 is 0 Å². The molecule has 0 aliphatic carbocycles. The van der Waals surface area contributed by atoms with Crippen molar-refractivity contribution in [1.29, 1.82) is 0 Å². The minimum atomic E-state index is 0.282. The fraction of sp³-hybridized carbons (Fsp3) is 0.286. The standard InChI is InChI=1S/C14H17N3O/c1-3-12-8-14(17-10(2)16-12)15-9-11-4-6-13(18)7-5-11/h4-8,18H,3,9H2,1-2H3,(H,15,16,17). The lowest BCUT2D eigenvalue weighted by Crippen LogP contribution is -2.04. The van der Waals surface area contributed by atoms with Gasteiger partial charge in [0.15, 0.2) is 0 Å². The minimum Gasteiger partial charge on any atom is -0.508 e. The zero-order valence-corrected chi connectivity index (χ0v) is 10.6. The summed E-state index contributed by atoms with van der Waals surface area (Å²) >= 11 is 0. The first-order chi connectivity index (χ1) is 8.67. The number of nitrogens with one attached hydrogen (secondary N) is 1. The third-order valence-electron chi connectivity index (χ3n) is 2.66. The first kappa shape index (κ1) is 12.4. The largest absolute Gasteiger partial charge is 0.508 e. The average molecular weight is 243 g/mol. The Kier molecular flexibility index (Phi) is 3.77. The van der Waals surface area contributed by atoms with Gasteiger partial charge in [0.2, 0.25) is 0 Å². The maximum atomic E-state index is 9.21. The van der Waals surface area contributed by atoms with Crippen LogP contribution >= 0.6 is 0 Å². The Balaban J connectivity index is 2.05. The molecule has 0 spiro atoms. The molecule has 0 aliphatic heterocycles. The van der Waals surface area contributed by atoms with Crippen LogP contribution < -0.4 is 5.32 Å². The molecule has 0 saturated carbocycles. The van der Waals surface area contributed by atoms with Crippen molar-refractivity contribution in [2.45, 2.75) is 26.8 Å². The first-order valence-corrected chi connectivity index (χ1v) is 6.03. The molecule has 18 heavy (non-hydrogen) atoms. The summed E-state index contributed by atoms with van der Waals surface area (Å²) in [5.41, 5.74) is 2.14. The van der Waals surface area contributed by atoms with Crippen LogP contribution in [0.15, 0.2) is 30.3 Å². The van der Waals surface area contributed by atoms with Crippen LogP contribution in [0.4, 0.5) is 5.82 Å². The van der Waals surface area contributed by atoms with Crippen molar-refractivity contribution < 1.29 is 5.11 Å². The molecule has 0 radical (unpaired) electrons. The normalized spacial score (nSPS) is 10.3. The van der Waals surface area contributed by atoms with Crippen LogP contribution in [-0.2, 0) is 13.0 Å². The Bertz CT molecular complexity index is 523. The van der Waals surface area contributed by atoms with E-state index in [0.717, 1.165) is 29.3 Å². The molecule has 2 rings (SSSR count). The number of nitrogens with zero attached hydrogens (tertiary/aromatic N) is 2. The number of aromatic nitrogens is 2. The monoisotopic (exact) mass is 243 g/mol. The molecular formula is C14H17N3O. The molecule has 2 aromatic rings. The SMILES string of the molecule is CCc1cc(NCc2ccc(O)cc2)nc(C)n1. The number of hydrogen-bond donors (Lipinski definition) is 2. The van der Waals surface area contributed by atoms with E-state index in [4.69, 9.17) is 0 Å². The van der Waals surface area contributed by atoms with E-state index in [1.54, 1.807) is 12.1 Å². The van der Waals surface area contributed by atoms with Crippen molar-refractivity contribution in [3.05, 3.63) is 47.4 Å². The van der Waals surface area contributed by atoms with Crippen LogP contribution in [0.25, 0.3) is 0 Å². The van der Waals surface area contributed by atoms with Crippen molar-refractivity contribution in [2.24, 2.45) is 0 Å². The first-order valence-electron chi connectivity index (χ1n) is 6.03. The Morgan fingerprint density at radius 2 is 1.89 bits per heavy atom. The van der Waals surface area contributed by atoms with Gasteiger partial charge in [-0.3, -0.25) is 0 Å². The Hall–Kier alpha value is -2.10. The molecule has 1 aromatic heterocycles. The van der Waals surface area contributed by atoms with Gasteiger partial charge in [-0.2, -0.15) is 0 Å². The van der Waals surface area contributed by atoms with Crippen LogP contribution in [0.1, 0.15) is 24.0 Å². The molecule has 0 saturated heterocycles. The van der Waals surface area contributed by atoms with Gasteiger partial charge in [-0.1, -0.05) is 19.1 Å². The molecule has 1 aromatic carbocycles. The number of aromatic hydroxyl groups is 1. The predicted octanol–water partition coefficient (Wildman–Crippen LogP) is 2.67. The molecule has 0 unspecified atom stereocenters. The predicted molar refractivity (Wildman–Crippen MR) is 71.6 cm³/mol. The second-order valence-corrected chi connectivity index (χ2v) is 4.17. The number of anilines is 1. The Labute approximate surface area is 107 Å². The van der Waals surface area contributed by atoms with E-state index in [1.165, 1.54) is 0 Å². The van der Waals surface area contributed by atoms with Crippen molar-refractivity contribution in [1.82, 2.24) is 9.97 Å². The summed E-state index contributed by atoms with van der Waals surface area (Å²) in [6, 6.07) is 9.10. The summed E-state index contributed by atoms with van der Waals surface area (Å²) in [6.07, 6.45) is 0.900. The lowest BCUT2D eigenvalue weighted by molar-refractivity contribution is 0.475. The molecule has 0 aliphatic rings. The van der Waals surface area contributed by atoms with Gasteiger partial charge in [0.05, 0.1) is 0 Å². The highest BCUT2D eigenvalue weighted by atomic mass is 16.3. The fourth-order valence-electron chi connectivity index (χ4n) is 1.71. The lowest BCUT2D eigenvalue weighted by atomic mass is 10.2. The van der Waals surface area contributed by atoms with E-state index in [0.29, 0.717) is 6.54 Å². The number of phenols is 1.